The van der Waals surface area contributed by atoms with Crippen LogP contribution in [0, 0.1) is 0 Å². The zero-order chi connectivity index (χ0) is 17.1. The number of H-pyrrole nitrogens is 1. The number of imidazole rings is 1. The smallest absolute Gasteiger partial charge is 0.146 e. The fourth-order valence-electron chi connectivity index (χ4n) is 2.71. The number of hydrogen-bond acceptors (Lipinski definition) is 4. The van der Waals surface area contributed by atoms with Gasteiger partial charge in [0.05, 0.1) is 11.0 Å². The van der Waals surface area contributed by atoms with Crippen LogP contribution in [0.2, 0.25) is 0 Å². The van der Waals surface area contributed by atoms with Crippen molar-refractivity contribution < 1.29 is 4.74 Å². The van der Waals surface area contributed by atoms with Gasteiger partial charge in [-0.25, -0.2) is 4.98 Å². The largest absolute Gasteiger partial charge is 0.486 e. The molecule has 25 heavy (non-hydrogen) atoms. The molecule has 5 heteroatoms. The number of hydrogen-bond donors (Lipinski definition) is 1. The highest BCUT2D eigenvalue weighted by atomic mass is 16.5. The molecule has 4 rings (SSSR count). The number of benzene rings is 2. The number of ether oxygens (including phenoxy) is 1. The minimum atomic E-state index is 0.411. The Bertz CT molecular complexity index is 967. The van der Waals surface area contributed by atoms with Crippen LogP contribution < -0.4 is 9.64 Å². The Kier molecular flexibility index (Phi) is 4.04. The zero-order valence-corrected chi connectivity index (χ0v) is 13.9. The van der Waals surface area contributed by atoms with Crippen LogP contribution in [-0.2, 0) is 6.61 Å². The van der Waals surface area contributed by atoms with Gasteiger partial charge < -0.3 is 14.6 Å². The highest BCUT2D eigenvalue weighted by Gasteiger charge is 2.08. The molecule has 0 amide bonds. The highest BCUT2D eigenvalue weighted by Crippen LogP contribution is 2.26. The average molecular weight is 330 g/mol. The van der Waals surface area contributed by atoms with Crippen molar-refractivity contribution in [1.29, 1.82) is 0 Å². The number of aromatic amines is 1. The molecular formula is C20H18N4O. The molecule has 1 N–H and O–H groups in total. The number of aromatic nitrogens is 3. The highest BCUT2D eigenvalue weighted by molar-refractivity contribution is 5.81. The van der Waals surface area contributed by atoms with E-state index in [2.05, 4.69) is 32.0 Å². The number of nitrogens with one attached hydrogen (secondary N) is 1. The first-order chi connectivity index (χ1) is 12.3. The molecular weight excluding hydrogens is 312 g/mol. The lowest BCUT2D eigenvalue weighted by Gasteiger charge is -2.19. The van der Waals surface area contributed by atoms with Crippen LogP contribution in [0.4, 0.5) is 11.4 Å². The fourth-order valence-corrected chi connectivity index (χ4v) is 2.71. The molecule has 2 aromatic carbocycles. The molecule has 0 aliphatic carbocycles. The third kappa shape index (κ3) is 3.30. The van der Waals surface area contributed by atoms with E-state index in [1.165, 1.54) is 0 Å². The topological polar surface area (TPSA) is 54.0 Å². The van der Waals surface area contributed by atoms with E-state index >= 15 is 0 Å². The summed E-state index contributed by atoms with van der Waals surface area (Å²) in [6.45, 7) is 0.411. The number of nitrogens with zero attached hydrogens (tertiary/aromatic N) is 3. The first-order valence-corrected chi connectivity index (χ1v) is 8.10. The van der Waals surface area contributed by atoms with E-state index in [4.69, 9.17) is 4.74 Å². The van der Waals surface area contributed by atoms with Crippen molar-refractivity contribution in [2.75, 3.05) is 11.9 Å². The first-order valence-electron chi connectivity index (χ1n) is 8.10. The Balaban J connectivity index is 1.55. The van der Waals surface area contributed by atoms with E-state index in [0.29, 0.717) is 6.61 Å². The van der Waals surface area contributed by atoms with Crippen LogP contribution in [0.3, 0.4) is 0 Å². The quantitative estimate of drug-likeness (QED) is 0.592. The molecule has 0 bridgehead atoms. The number of pyridine rings is 1. The molecule has 5 nitrogen and oxygen atoms in total. The van der Waals surface area contributed by atoms with Crippen LogP contribution in [-0.4, -0.2) is 22.0 Å². The predicted molar refractivity (Wildman–Crippen MR) is 99.2 cm³/mol. The van der Waals surface area contributed by atoms with Crippen LogP contribution in [0.15, 0.2) is 73.1 Å². The Labute approximate surface area is 145 Å². The van der Waals surface area contributed by atoms with Gasteiger partial charge in [0.1, 0.15) is 18.2 Å². The van der Waals surface area contributed by atoms with Gasteiger partial charge in [-0.1, -0.05) is 18.2 Å². The Morgan fingerprint density at radius 3 is 2.56 bits per heavy atom. The van der Waals surface area contributed by atoms with Crippen molar-refractivity contribution in [1.82, 2.24) is 15.0 Å². The molecule has 0 unspecified atom stereocenters. The summed E-state index contributed by atoms with van der Waals surface area (Å²) in [5, 5.41) is 0. The van der Waals surface area contributed by atoms with E-state index in [0.717, 1.165) is 34.0 Å². The molecule has 0 aliphatic rings. The standard InChI is InChI=1S/C20H18N4O/c1-24(15-9-11-21-12-10-15)16-7-8-18-19(13-16)23-20(22-18)14-25-17-5-3-2-4-6-17/h2-13H,14H2,1H3,(H,22,23). The maximum Gasteiger partial charge on any atom is 0.146 e. The molecule has 0 fully saturated rings. The van der Waals surface area contributed by atoms with Crippen LogP contribution in [0.25, 0.3) is 11.0 Å². The monoisotopic (exact) mass is 330 g/mol. The minimum absolute atomic E-state index is 0.411. The molecule has 2 heterocycles. The van der Waals surface area contributed by atoms with E-state index in [1.54, 1.807) is 12.4 Å². The number of para-hydroxylation sites is 1. The summed E-state index contributed by atoms with van der Waals surface area (Å²) in [7, 11) is 2.03. The molecule has 0 saturated heterocycles. The third-order valence-corrected chi connectivity index (χ3v) is 4.07. The summed E-state index contributed by atoms with van der Waals surface area (Å²) in [5.74, 6) is 1.64. The summed E-state index contributed by atoms with van der Waals surface area (Å²) in [4.78, 5) is 14.1. The Morgan fingerprint density at radius 1 is 0.960 bits per heavy atom. The summed E-state index contributed by atoms with van der Waals surface area (Å²) in [6, 6.07) is 19.9. The zero-order valence-electron chi connectivity index (χ0n) is 13.9. The van der Waals surface area contributed by atoms with Gasteiger partial charge in [0.25, 0.3) is 0 Å². The van der Waals surface area contributed by atoms with Gasteiger partial charge in [-0.3, -0.25) is 4.98 Å². The second-order valence-electron chi connectivity index (χ2n) is 5.75. The minimum Gasteiger partial charge on any atom is -0.486 e. The van der Waals surface area contributed by atoms with Gasteiger partial charge in [-0.05, 0) is 42.5 Å². The van der Waals surface area contributed by atoms with Crippen LogP contribution in [0.5, 0.6) is 5.75 Å². The van der Waals surface area contributed by atoms with Crippen molar-refractivity contribution in [3.63, 3.8) is 0 Å². The molecule has 0 radical (unpaired) electrons. The lowest BCUT2D eigenvalue weighted by molar-refractivity contribution is 0.297. The summed E-state index contributed by atoms with van der Waals surface area (Å²) in [6.07, 6.45) is 3.58. The van der Waals surface area contributed by atoms with Crippen molar-refractivity contribution in [3.05, 3.63) is 78.9 Å². The predicted octanol–water partition coefficient (Wildman–Crippen LogP) is 4.30. The van der Waals surface area contributed by atoms with E-state index < -0.39 is 0 Å². The van der Waals surface area contributed by atoms with E-state index in [1.807, 2.05) is 55.6 Å². The molecule has 4 aromatic rings. The average Bonchev–Trinajstić information content (AvgIpc) is 3.09. The lowest BCUT2D eigenvalue weighted by Crippen LogP contribution is -2.09. The number of anilines is 2. The van der Waals surface area contributed by atoms with Gasteiger partial charge in [-0.15, -0.1) is 0 Å². The summed E-state index contributed by atoms with van der Waals surface area (Å²) >= 11 is 0. The van der Waals surface area contributed by atoms with Crippen LogP contribution >= 0.6 is 0 Å². The summed E-state index contributed by atoms with van der Waals surface area (Å²) < 4.78 is 5.76. The van der Waals surface area contributed by atoms with Gasteiger partial charge >= 0.3 is 0 Å². The SMILES string of the molecule is CN(c1ccncc1)c1ccc2nc(COc3ccccc3)[nH]c2c1. The molecule has 124 valence electrons. The third-order valence-electron chi connectivity index (χ3n) is 4.07. The van der Waals surface area contributed by atoms with E-state index in [9.17, 15) is 0 Å². The normalized spacial score (nSPS) is 10.8. The first kappa shape index (κ1) is 15.2. The number of rotatable bonds is 5. The van der Waals surface area contributed by atoms with E-state index in [-0.39, 0.29) is 0 Å². The molecule has 0 spiro atoms. The summed E-state index contributed by atoms with van der Waals surface area (Å²) in [5.41, 5.74) is 4.09. The maximum absolute atomic E-state index is 5.76. The molecule has 0 aliphatic heterocycles. The second kappa shape index (κ2) is 6.65. The molecule has 2 aromatic heterocycles. The van der Waals surface area contributed by atoms with Gasteiger partial charge in [0, 0.05) is 30.8 Å². The van der Waals surface area contributed by atoms with Crippen molar-refractivity contribution in [2.45, 2.75) is 6.61 Å². The fraction of sp³-hybridized carbons (Fsp3) is 0.100. The lowest BCUT2D eigenvalue weighted by atomic mass is 10.2. The molecule has 0 atom stereocenters. The maximum atomic E-state index is 5.76. The van der Waals surface area contributed by atoms with Gasteiger partial charge in [-0.2, -0.15) is 0 Å². The van der Waals surface area contributed by atoms with Gasteiger partial charge in [0.15, 0.2) is 0 Å². The Morgan fingerprint density at radius 2 is 1.76 bits per heavy atom. The van der Waals surface area contributed by atoms with Crippen LogP contribution in [0.1, 0.15) is 5.82 Å². The van der Waals surface area contributed by atoms with Crippen molar-refractivity contribution >= 4 is 22.4 Å². The van der Waals surface area contributed by atoms with Gasteiger partial charge in [0.2, 0.25) is 0 Å². The number of fused-ring (bicyclic) bond motifs is 1. The second-order valence-corrected chi connectivity index (χ2v) is 5.75. The van der Waals surface area contributed by atoms with Crippen molar-refractivity contribution in [3.8, 4) is 5.75 Å². The molecule has 0 saturated carbocycles. The van der Waals surface area contributed by atoms with Crippen molar-refractivity contribution in [2.24, 2.45) is 0 Å². The Hall–Kier alpha value is -3.34.